The zero-order valence-corrected chi connectivity index (χ0v) is 14.1. The molecular weight excluding hydrogens is 364 g/mol. The Kier molecular flexibility index (Phi) is 4.12. The van der Waals surface area contributed by atoms with E-state index in [-0.39, 0.29) is 10.7 Å². The summed E-state index contributed by atoms with van der Waals surface area (Å²) in [4.78, 5) is 4.00. The van der Waals surface area contributed by atoms with Gasteiger partial charge in [-0.05, 0) is 41.6 Å². The number of nitrogens with one attached hydrogen (secondary N) is 1. The Morgan fingerprint density at radius 1 is 1.22 bits per heavy atom. The largest absolute Gasteiger partial charge is 0.267 e. The van der Waals surface area contributed by atoms with Gasteiger partial charge in [0.25, 0.3) is 0 Å². The maximum Gasteiger partial charge on any atom is 0.142 e. The summed E-state index contributed by atoms with van der Waals surface area (Å²) in [6, 6.07) is 7.41. The third-order valence-electron chi connectivity index (χ3n) is 3.53. The Morgan fingerprint density at radius 2 is 1.96 bits per heavy atom. The molecule has 0 amide bonds. The van der Waals surface area contributed by atoms with Gasteiger partial charge in [0.05, 0.1) is 10.7 Å². The van der Waals surface area contributed by atoms with E-state index in [1.807, 2.05) is 0 Å². The van der Waals surface area contributed by atoms with Gasteiger partial charge >= 0.3 is 0 Å². The van der Waals surface area contributed by atoms with Crippen LogP contribution in [0.15, 0.2) is 40.9 Å². The topological polar surface area (TPSA) is 77.7 Å². The number of nitrogens with zero attached hydrogens (tertiary/aromatic N) is 2. The molecule has 0 fully saturated rings. The maximum absolute atomic E-state index is 13.8. The average Bonchev–Trinajstić information content (AvgIpc) is 2.73. The fourth-order valence-corrected chi connectivity index (χ4v) is 4.00. The second-order valence-electron chi connectivity index (χ2n) is 5.18. The molecule has 1 unspecified atom stereocenters. The Labute approximate surface area is 143 Å². The number of pyridine rings is 1. The van der Waals surface area contributed by atoms with Crippen LogP contribution in [0.25, 0.3) is 0 Å². The highest BCUT2D eigenvalue weighted by atomic mass is 35.5. The van der Waals surface area contributed by atoms with Crippen LogP contribution in [0, 0.1) is 5.82 Å². The van der Waals surface area contributed by atoms with Crippen molar-refractivity contribution in [2.45, 2.75) is 12.5 Å². The van der Waals surface area contributed by atoms with E-state index in [2.05, 4.69) is 14.1 Å². The van der Waals surface area contributed by atoms with Crippen molar-refractivity contribution in [3.8, 4) is 0 Å². The van der Waals surface area contributed by atoms with E-state index in [9.17, 15) is 13.5 Å². The molecule has 0 spiro atoms. The smallest absolute Gasteiger partial charge is 0.142 e. The third-order valence-corrected chi connectivity index (χ3v) is 5.18. The van der Waals surface area contributed by atoms with Crippen LogP contribution >= 0.6 is 34.2 Å². The fraction of sp³-hybridized carbons (Fsp3) is 0.143. The summed E-state index contributed by atoms with van der Waals surface area (Å²) >= 11 is 11.5. The second-order valence-corrected chi connectivity index (χ2v) is 7.40. The van der Waals surface area contributed by atoms with Crippen LogP contribution < -0.4 is 4.72 Å². The number of hydrogen-bond acceptors (Lipinski definition) is 5. The van der Waals surface area contributed by atoms with E-state index in [4.69, 9.17) is 23.2 Å². The van der Waals surface area contributed by atoms with Crippen LogP contribution in [0.5, 0.6) is 0 Å². The first kappa shape index (κ1) is 16.6. The van der Waals surface area contributed by atoms with E-state index >= 15 is 0 Å². The molecule has 9 heteroatoms. The number of hydrogen-bond donors (Lipinski definition) is 3. The molecule has 0 saturated carbocycles. The van der Waals surface area contributed by atoms with Gasteiger partial charge in [0.2, 0.25) is 0 Å². The molecule has 1 aromatic heterocycles. The van der Waals surface area contributed by atoms with E-state index < -0.39 is 22.3 Å². The molecule has 1 aliphatic rings. The minimum Gasteiger partial charge on any atom is -0.267 e. The van der Waals surface area contributed by atoms with Gasteiger partial charge in [-0.1, -0.05) is 35.3 Å². The van der Waals surface area contributed by atoms with Crippen molar-refractivity contribution >= 4 is 39.9 Å². The van der Waals surface area contributed by atoms with Crippen LogP contribution in [0.4, 0.5) is 4.39 Å². The lowest BCUT2D eigenvalue weighted by molar-refractivity contribution is 0.456. The molecule has 0 aliphatic carbocycles. The first-order valence-electron chi connectivity index (χ1n) is 6.46. The maximum atomic E-state index is 13.8. The van der Waals surface area contributed by atoms with Crippen molar-refractivity contribution in [1.29, 1.82) is 0 Å². The number of aromatic nitrogens is 1. The van der Waals surface area contributed by atoms with Crippen molar-refractivity contribution in [2.75, 3.05) is 0 Å². The lowest BCUT2D eigenvalue weighted by Crippen LogP contribution is -2.42. The van der Waals surface area contributed by atoms with E-state index in [1.54, 1.807) is 25.1 Å². The van der Waals surface area contributed by atoms with Crippen molar-refractivity contribution in [2.24, 2.45) is 4.40 Å². The predicted molar refractivity (Wildman–Crippen MR) is 90.5 cm³/mol. The van der Waals surface area contributed by atoms with Crippen molar-refractivity contribution < 1.29 is 13.5 Å². The van der Waals surface area contributed by atoms with Crippen LogP contribution in [0.2, 0.25) is 10.2 Å². The molecule has 3 rings (SSSR count). The van der Waals surface area contributed by atoms with Crippen LogP contribution in [-0.4, -0.2) is 19.8 Å². The Bertz CT molecular complexity index is 801. The first-order valence-corrected chi connectivity index (χ1v) is 8.72. The number of rotatable bonds is 2. The molecule has 0 saturated heterocycles. The lowest BCUT2D eigenvalue weighted by atomic mass is 9.85. The standard InChI is InChI=1S/C14H12Cl2FN3O2S/c1-14(9-3-5-12(16)18-7-9)13(19-23(21,22)20-14)8-2-4-10(15)11(17)6-8/h2-7,20-22H,1H3. The van der Waals surface area contributed by atoms with Gasteiger partial charge in [0.15, 0.2) is 0 Å². The summed E-state index contributed by atoms with van der Waals surface area (Å²) < 4.78 is 40.3. The van der Waals surface area contributed by atoms with Crippen molar-refractivity contribution in [3.05, 3.63) is 63.6 Å². The highest BCUT2D eigenvalue weighted by Crippen LogP contribution is 2.49. The zero-order valence-electron chi connectivity index (χ0n) is 11.8. The summed E-state index contributed by atoms with van der Waals surface area (Å²) in [6.07, 6.45) is 1.50. The third kappa shape index (κ3) is 3.08. The van der Waals surface area contributed by atoms with Crippen LogP contribution in [-0.2, 0) is 5.54 Å². The summed E-state index contributed by atoms with van der Waals surface area (Å²) in [5.41, 5.74) is 0.191. The van der Waals surface area contributed by atoms with Gasteiger partial charge in [-0.3, -0.25) is 9.11 Å². The molecule has 0 radical (unpaired) electrons. The normalized spacial score (nSPS) is 24.3. The van der Waals surface area contributed by atoms with Gasteiger partial charge in [0, 0.05) is 11.8 Å². The molecule has 2 aromatic rings. The molecule has 5 nitrogen and oxygen atoms in total. The SMILES string of the molecule is CC1(c2ccc(Cl)nc2)NS(O)(O)N=C1c1ccc(Cl)c(F)c1. The number of benzene rings is 1. The fourth-order valence-electron chi connectivity index (χ4n) is 2.42. The highest BCUT2D eigenvalue weighted by Gasteiger charge is 2.44. The van der Waals surface area contributed by atoms with E-state index in [0.717, 1.165) is 0 Å². The Balaban J connectivity index is 2.14. The minimum atomic E-state index is -3.41. The van der Waals surface area contributed by atoms with Gasteiger partial charge in [-0.2, -0.15) is 4.72 Å². The van der Waals surface area contributed by atoms with Gasteiger partial charge < -0.3 is 0 Å². The first-order chi connectivity index (χ1) is 10.7. The summed E-state index contributed by atoms with van der Waals surface area (Å²) in [5.74, 6) is -0.619. The predicted octanol–water partition coefficient (Wildman–Crippen LogP) is 4.42. The monoisotopic (exact) mass is 375 g/mol. The molecule has 122 valence electrons. The van der Waals surface area contributed by atoms with Gasteiger partial charge in [0.1, 0.15) is 16.5 Å². The minimum absolute atomic E-state index is 0.0261. The van der Waals surface area contributed by atoms with Crippen molar-refractivity contribution in [1.82, 2.24) is 9.71 Å². The molecule has 1 aromatic carbocycles. The number of halogens is 3. The lowest BCUT2D eigenvalue weighted by Gasteiger charge is -2.31. The molecule has 1 aliphatic heterocycles. The summed E-state index contributed by atoms with van der Waals surface area (Å²) in [5, 5.41) is 0.278. The summed E-state index contributed by atoms with van der Waals surface area (Å²) in [7, 11) is -3.41. The zero-order chi connectivity index (χ0) is 16.8. The second kappa shape index (κ2) is 5.70. The molecule has 23 heavy (non-hydrogen) atoms. The average molecular weight is 376 g/mol. The summed E-state index contributed by atoms with van der Waals surface area (Å²) in [6.45, 7) is 1.70. The van der Waals surface area contributed by atoms with Crippen LogP contribution in [0.3, 0.4) is 0 Å². The molecular formula is C14H12Cl2FN3O2S. The molecule has 2 heterocycles. The Morgan fingerprint density at radius 3 is 2.57 bits per heavy atom. The van der Waals surface area contributed by atoms with Gasteiger partial charge in [-0.15, -0.1) is 4.40 Å². The van der Waals surface area contributed by atoms with E-state index in [1.165, 1.54) is 18.3 Å². The van der Waals surface area contributed by atoms with E-state index in [0.29, 0.717) is 16.3 Å². The highest BCUT2D eigenvalue weighted by molar-refractivity contribution is 8.21. The quantitative estimate of drug-likeness (QED) is 0.679. The Hall–Kier alpha value is -1.22. The molecule has 0 bridgehead atoms. The van der Waals surface area contributed by atoms with Crippen LogP contribution in [0.1, 0.15) is 18.1 Å². The van der Waals surface area contributed by atoms with Crippen molar-refractivity contribution in [3.63, 3.8) is 0 Å². The van der Waals surface area contributed by atoms with Gasteiger partial charge in [-0.25, -0.2) is 9.37 Å². The molecule has 3 N–H and O–H groups in total. The molecule has 1 atom stereocenters.